The van der Waals surface area contributed by atoms with Crippen LogP contribution in [0.2, 0.25) is 0 Å². The molecule has 0 aliphatic carbocycles. The maximum atomic E-state index is 6.40. The van der Waals surface area contributed by atoms with Crippen molar-refractivity contribution in [1.29, 1.82) is 0 Å². The van der Waals surface area contributed by atoms with Crippen molar-refractivity contribution in [2.45, 2.75) is 65.5 Å². The Morgan fingerprint density at radius 2 is 1.62 bits per heavy atom. The lowest BCUT2D eigenvalue weighted by molar-refractivity contribution is 0.238. The minimum absolute atomic E-state index is 0.559. The second kappa shape index (κ2) is 10.1. The molecule has 2 aliphatic heterocycles. The average Bonchev–Trinajstić information content (AvgIpc) is 2.86. The highest BCUT2D eigenvalue weighted by molar-refractivity contribution is 5.44. The van der Waals surface area contributed by atoms with Crippen molar-refractivity contribution in [2.75, 3.05) is 24.5 Å². The van der Waals surface area contributed by atoms with Gasteiger partial charge in [-0.3, -0.25) is 4.90 Å². The van der Waals surface area contributed by atoms with E-state index in [1.54, 1.807) is 0 Å². The van der Waals surface area contributed by atoms with Gasteiger partial charge in [-0.2, -0.15) is 4.98 Å². The third-order valence-electron chi connectivity index (χ3n) is 7.02. The third-order valence-corrected chi connectivity index (χ3v) is 7.02. The second-order valence-corrected chi connectivity index (χ2v) is 10.1. The number of fused-ring (bicyclic) bond motifs is 1. The number of piperidine rings is 1. The van der Waals surface area contributed by atoms with E-state index in [0.717, 1.165) is 62.1 Å². The normalized spacial score (nSPS) is 16.5. The second-order valence-electron chi connectivity index (χ2n) is 10.1. The SMILES string of the molecule is Cc1ccc(Oc2nc(N3CCCCC3)nc3c2CN(Cc2ccc(C(C)C)cc2)CC3)cc1. The van der Waals surface area contributed by atoms with Gasteiger partial charge >= 0.3 is 0 Å². The fourth-order valence-electron chi connectivity index (χ4n) is 4.87. The summed E-state index contributed by atoms with van der Waals surface area (Å²) < 4.78 is 6.40. The molecule has 0 bridgehead atoms. The van der Waals surface area contributed by atoms with Crippen LogP contribution < -0.4 is 9.64 Å². The van der Waals surface area contributed by atoms with Gasteiger partial charge in [-0.25, -0.2) is 4.98 Å². The first-order valence-corrected chi connectivity index (χ1v) is 12.8. The first kappa shape index (κ1) is 22.9. The van der Waals surface area contributed by atoms with Crippen LogP contribution in [0.4, 0.5) is 5.95 Å². The molecular formula is C29H36N4O. The lowest BCUT2D eigenvalue weighted by atomic mass is 10.0. The Hall–Kier alpha value is -2.92. The highest BCUT2D eigenvalue weighted by Gasteiger charge is 2.26. The summed E-state index contributed by atoms with van der Waals surface area (Å²) in [5.41, 5.74) is 6.23. The standard InChI is InChI=1S/C29H36N4O/c1-21(2)24-11-9-23(10-12-24)19-32-18-15-27-26(20-32)28(34-25-13-7-22(3)8-14-25)31-29(30-27)33-16-5-4-6-17-33/h7-14,21H,4-6,15-20H2,1-3H3. The van der Waals surface area contributed by atoms with E-state index in [0.29, 0.717) is 11.8 Å². The Morgan fingerprint density at radius 3 is 2.32 bits per heavy atom. The number of hydrogen-bond donors (Lipinski definition) is 0. The number of anilines is 1. The van der Waals surface area contributed by atoms with Crippen molar-refractivity contribution in [3.05, 3.63) is 76.5 Å². The monoisotopic (exact) mass is 456 g/mol. The summed E-state index contributed by atoms with van der Waals surface area (Å²) in [6.07, 6.45) is 4.63. The molecular weight excluding hydrogens is 420 g/mol. The molecule has 3 heterocycles. The van der Waals surface area contributed by atoms with Crippen LogP contribution in [0.5, 0.6) is 11.6 Å². The molecule has 1 fully saturated rings. The fourth-order valence-corrected chi connectivity index (χ4v) is 4.87. The molecule has 34 heavy (non-hydrogen) atoms. The number of aromatic nitrogens is 2. The number of hydrogen-bond acceptors (Lipinski definition) is 5. The van der Waals surface area contributed by atoms with Crippen molar-refractivity contribution >= 4 is 5.95 Å². The summed E-state index contributed by atoms with van der Waals surface area (Å²) in [7, 11) is 0. The quantitative estimate of drug-likeness (QED) is 0.439. The van der Waals surface area contributed by atoms with E-state index >= 15 is 0 Å². The Kier molecular flexibility index (Phi) is 6.82. The molecule has 5 nitrogen and oxygen atoms in total. The van der Waals surface area contributed by atoms with E-state index in [2.05, 4.69) is 67.0 Å². The van der Waals surface area contributed by atoms with Crippen molar-refractivity contribution in [3.63, 3.8) is 0 Å². The van der Waals surface area contributed by atoms with E-state index in [9.17, 15) is 0 Å². The number of ether oxygens (including phenoxy) is 1. The molecule has 0 unspecified atom stereocenters. The summed E-state index contributed by atoms with van der Waals surface area (Å²) >= 11 is 0. The first-order valence-electron chi connectivity index (χ1n) is 12.8. The molecule has 0 spiro atoms. The summed E-state index contributed by atoms with van der Waals surface area (Å²) in [5, 5.41) is 0. The summed E-state index contributed by atoms with van der Waals surface area (Å²) in [6.45, 7) is 11.4. The lowest BCUT2D eigenvalue weighted by Gasteiger charge is -2.32. The van der Waals surface area contributed by atoms with Gasteiger partial charge in [0.05, 0.1) is 11.3 Å². The van der Waals surface area contributed by atoms with Crippen molar-refractivity contribution in [1.82, 2.24) is 14.9 Å². The molecule has 2 aromatic carbocycles. The van der Waals surface area contributed by atoms with Gasteiger partial charge in [-0.1, -0.05) is 55.8 Å². The molecule has 0 saturated carbocycles. The van der Waals surface area contributed by atoms with Gasteiger partial charge in [0.25, 0.3) is 0 Å². The van der Waals surface area contributed by atoms with Crippen molar-refractivity contribution in [2.24, 2.45) is 0 Å². The van der Waals surface area contributed by atoms with E-state index in [1.165, 1.54) is 36.0 Å². The summed E-state index contributed by atoms with van der Waals surface area (Å²) in [6, 6.07) is 17.3. The zero-order valence-electron chi connectivity index (χ0n) is 20.8. The molecule has 5 rings (SSSR count). The predicted octanol–water partition coefficient (Wildman–Crippen LogP) is 6.25. The Labute approximate surface area is 203 Å². The molecule has 1 saturated heterocycles. The number of nitrogens with zero attached hydrogens (tertiary/aromatic N) is 4. The van der Waals surface area contributed by atoms with E-state index in [1.807, 2.05) is 12.1 Å². The highest BCUT2D eigenvalue weighted by Crippen LogP contribution is 2.32. The average molecular weight is 457 g/mol. The van der Waals surface area contributed by atoms with Gasteiger partial charge in [-0.15, -0.1) is 0 Å². The minimum Gasteiger partial charge on any atom is -0.439 e. The molecule has 3 aromatic rings. The molecule has 0 atom stereocenters. The summed E-state index contributed by atoms with van der Waals surface area (Å²) in [5.74, 6) is 2.94. The Bertz CT molecular complexity index is 1100. The van der Waals surface area contributed by atoms with E-state index < -0.39 is 0 Å². The maximum absolute atomic E-state index is 6.40. The van der Waals surface area contributed by atoms with Crippen molar-refractivity contribution < 1.29 is 4.74 Å². The number of rotatable bonds is 6. The van der Waals surface area contributed by atoms with Gasteiger partial charge in [0.15, 0.2) is 0 Å². The van der Waals surface area contributed by atoms with Gasteiger partial charge in [0.1, 0.15) is 5.75 Å². The molecule has 0 amide bonds. The molecule has 2 aliphatic rings. The molecule has 178 valence electrons. The zero-order valence-corrected chi connectivity index (χ0v) is 20.8. The van der Waals surface area contributed by atoms with Gasteiger partial charge in [0.2, 0.25) is 11.8 Å². The predicted molar refractivity (Wildman–Crippen MR) is 138 cm³/mol. The van der Waals surface area contributed by atoms with Crippen LogP contribution in [0.1, 0.15) is 67.0 Å². The largest absolute Gasteiger partial charge is 0.439 e. The number of aryl methyl sites for hydroxylation is 1. The molecule has 5 heteroatoms. The summed E-state index contributed by atoms with van der Waals surface area (Å²) in [4.78, 5) is 14.8. The maximum Gasteiger partial charge on any atom is 0.228 e. The fraction of sp³-hybridized carbons (Fsp3) is 0.448. The van der Waals surface area contributed by atoms with Gasteiger partial charge in [0, 0.05) is 39.1 Å². The van der Waals surface area contributed by atoms with Crippen LogP contribution in [-0.2, 0) is 19.5 Å². The van der Waals surface area contributed by atoms with Crippen LogP contribution in [0.15, 0.2) is 48.5 Å². The van der Waals surface area contributed by atoms with Crippen molar-refractivity contribution in [3.8, 4) is 11.6 Å². The Morgan fingerprint density at radius 1 is 0.882 bits per heavy atom. The highest BCUT2D eigenvalue weighted by atomic mass is 16.5. The third kappa shape index (κ3) is 5.25. The van der Waals surface area contributed by atoms with E-state index in [4.69, 9.17) is 14.7 Å². The van der Waals surface area contributed by atoms with Crippen LogP contribution >= 0.6 is 0 Å². The van der Waals surface area contributed by atoms with E-state index in [-0.39, 0.29) is 0 Å². The Balaban J connectivity index is 1.40. The zero-order chi connectivity index (χ0) is 23.5. The molecule has 1 aromatic heterocycles. The van der Waals surface area contributed by atoms with Gasteiger partial charge < -0.3 is 9.64 Å². The molecule has 0 N–H and O–H groups in total. The molecule has 0 radical (unpaired) electrons. The number of benzene rings is 2. The van der Waals surface area contributed by atoms with Crippen LogP contribution in [-0.4, -0.2) is 34.5 Å². The smallest absolute Gasteiger partial charge is 0.228 e. The first-order chi connectivity index (χ1) is 16.5. The minimum atomic E-state index is 0.559. The van der Waals surface area contributed by atoms with Crippen LogP contribution in [0.25, 0.3) is 0 Å². The lowest BCUT2D eigenvalue weighted by Crippen LogP contribution is -2.34. The topological polar surface area (TPSA) is 41.5 Å². The van der Waals surface area contributed by atoms with Gasteiger partial charge in [-0.05, 0) is 55.4 Å². The van der Waals surface area contributed by atoms with Crippen LogP contribution in [0.3, 0.4) is 0 Å². The van der Waals surface area contributed by atoms with Crippen LogP contribution in [0, 0.1) is 6.92 Å².